The van der Waals surface area contributed by atoms with Crippen molar-refractivity contribution < 1.29 is 14.4 Å². The molecule has 0 amide bonds. The van der Waals surface area contributed by atoms with Crippen LogP contribution < -0.4 is 9.47 Å². The van der Waals surface area contributed by atoms with Crippen molar-refractivity contribution in [2.75, 3.05) is 14.2 Å². The summed E-state index contributed by atoms with van der Waals surface area (Å²) in [6.07, 6.45) is 0. The predicted octanol–water partition coefficient (Wildman–Crippen LogP) is 3.93. The van der Waals surface area contributed by atoms with Gasteiger partial charge in [0.1, 0.15) is 11.5 Å². The number of halogens is 1. The molecule has 104 valence electrons. The molecule has 0 aliphatic rings. The molecular formula is C14H12ClNO4. The van der Waals surface area contributed by atoms with Crippen molar-refractivity contribution in [1.82, 2.24) is 0 Å². The Kier molecular flexibility index (Phi) is 4.10. The van der Waals surface area contributed by atoms with E-state index in [0.717, 1.165) is 0 Å². The molecule has 2 rings (SSSR count). The van der Waals surface area contributed by atoms with Gasteiger partial charge < -0.3 is 9.47 Å². The van der Waals surface area contributed by atoms with E-state index in [9.17, 15) is 10.1 Å². The second-order valence-electron chi connectivity index (χ2n) is 3.96. The molecule has 0 saturated heterocycles. The van der Waals surface area contributed by atoms with Gasteiger partial charge in [0.25, 0.3) is 5.69 Å². The van der Waals surface area contributed by atoms with Crippen LogP contribution >= 0.6 is 11.6 Å². The van der Waals surface area contributed by atoms with Gasteiger partial charge in [-0.05, 0) is 24.3 Å². The van der Waals surface area contributed by atoms with Crippen molar-refractivity contribution in [1.29, 1.82) is 0 Å². The first-order valence-corrected chi connectivity index (χ1v) is 6.11. The van der Waals surface area contributed by atoms with Crippen molar-refractivity contribution >= 4 is 17.3 Å². The van der Waals surface area contributed by atoms with Gasteiger partial charge in [-0.1, -0.05) is 17.7 Å². The van der Waals surface area contributed by atoms with Gasteiger partial charge >= 0.3 is 0 Å². The van der Waals surface area contributed by atoms with Crippen LogP contribution in [0.15, 0.2) is 36.4 Å². The Labute approximate surface area is 120 Å². The second-order valence-corrected chi connectivity index (χ2v) is 4.39. The molecule has 20 heavy (non-hydrogen) atoms. The summed E-state index contributed by atoms with van der Waals surface area (Å²) in [5.74, 6) is 0.962. The Bertz CT molecular complexity index is 635. The lowest BCUT2D eigenvalue weighted by Crippen LogP contribution is -1.97. The summed E-state index contributed by atoms with van der Waals surface area (Å²) >= 11 is 5.96. The molecule has 0 unspecified atom stereocenters. The third kappa shape index (κ3) is 2.53. The van der Waals surface area contributed by atoms with Gasteiger partial charge in [0.05, 0.1) is 30.3 Å². The topological polar surface area (TPSA) is 61.6 Å². The molecular weight excluding hydrogens is 282 g/mol. The maximum absolute atomic E-state index is 11.2. The van der Waals surface area contributed by atoms with Crippen molar-refractivity contribution in [3.63, 3.8) is 0 Å². The predicted molar refractivity (Wildman–Crippen MR) is 76.6 cm³/mol. The number of rotatable bonds is 4. The Hall–Kier alpha value is -2.27. The van der Waals surface area contributed by atoms with E-state index < -0.39 is 4.92 Å². The lowest BCUT2D eigenvalue weighted by atomic mass is 10.0. The van der Waals surface area contributed by atoms with Crippen LogP contribution in [-0.4, -0.2) is 19.1 Å². The number of nitrogens with zero attached hydrogens (tertiary/aromatic N) is 1. The smallest absolute Gasteiger partial charge is 0.277 e. The number of hydrogen-bond donors (Lipinski definition) is 0. The highest BCUT2D eigenvalue weighted by Gasteiger charge is 2.22. The van der Waals surface area contributed by atoms with Crippen LogP contribution in [0, 0.1) is 10.1 Å². The largest absolute Gasteiger partial charge is 0.496 e. The minimum atomic E-state index is -0.461. The van der Waals surface area contributed by atoms with Gasteiger partial charge in [-0.2, -0.15) is 0 Å². The van der Waals surface area contributed by atoms with E-state index in [4.69, 9.17) is 21.1 Å². The summed E-state index contributed by atoms with van der Waals surface area (Å²) in [5, 5.41) is 11.6. The van der Waals surface area contributed by atoms with E-state index in [2.05, 4.69) is 0 Å². The molecule has 2 aromatic carbocycles. The molecule has 0 fully saturated rings. The number of benzene rings is 2. The first-order chi connectivity index (χ1) is 9.58. The summed E-state index contributed by atoms with van der Waals surface area (Å²) in [6, 6.07) is 9.54. The monoisotopic (exact) mass is 293 g/mol. The quantitative estimate of drug-likeness (QED) is 0.633. The van der Waals surface area contributed by atoms with Gasteiger partial charge in [0, 0.05) is 11.1 Å². The first kappa shape index (κ1) is 14.1. The molecule has 2 aromatic rings. The van der Waals surface area contributed by atoms with Crippen molar-refractivity contribution in [3.05, 3.63) is 51.5 Å². The fourth-order valence-corrected chi connectivity index (χ4v) is 2.16. The molecule has 0 heterocycles. The highest BCUT2D eigenvalue weighted by molar-refractivity contribution is 6.31. The summed E-state index contributed by atoms with van der Waals surface area (Å²) in [6.45, 7) is 0. The van der Waals surface area contributed by atoms with E-state index in [0.29, 0.717) is 27.6 Å². The van der Waals surface area contributed by atoms with Crippen LogP contribution in [0.3, 0.4) is 0 Å². The first-order valence-electron chi connectivity index (χ1n) is 5.73. The maximum atomic E-state index is 11.2. The fraction of sp³-hybridized carbons (Fsp3) is 0.143. The zero-order valence-electron chi connectivity index (χ0n) is 10.9. The Balaban J connectivity index is 2.79. The second kappa shape index (κ2) is 5.79. The summed E-state index contributed by atoms with van der Waals surface area (Å²) in [4.78, 5) is 10.7. The van der Waals surface area contributed by atoms with Crippen molar-refractivity contribution in [2.24, 2.45) is 0 Å². The Morgan fingerprint density at radius 3 is 2.20 bits per heavy atom. The van der Waals surface area contributed by atoms with Crippen LogP contribution in [0.4, 0.5) is 5.69 Å². The van der Waals surface area contributed by atoms with Gasteiger partial charge in [0.2, 0.25) is 0 Å². The van der Waals surface area contributed by atoms with E-state index in [1.165, 1.54) is 32.4 Å². The molecule has 6 heteroatoms. The number of ether oxygens (including phenoxy) is 2. The van der Waals surface area contributed by atoms with Crippen molar-refractivity contribution in [3.8, 4) is 22.6 Å². The number of nitro benzene ring substituents is 1. The molecule has 0 atom stereocenters. The number of nitro groups is 1. The van der Waals surface area contributed by atoms with Crippen molar-refractivity contribution in [2.45, 2.75) is 0 Å². The molecule has 0 aliphatic heterocycles. The van der Waals surface area contributed by atoms with E-state index in [1.54, 1.807) is 18.2 Å². The van der Waals surface area contributed by atoms with Gasteiger partial charge in [-0.25, -0.2) is 0 Å². The van der Waals surface area contributed by atoms with Crippen LogP contribution in [0.2, 0.25) is 5.02 Å². The summed E-state index contributed by atoms with van der Waals surface area (Å²) < 4.78 is 10.5. The molecule has 0 N–H and O–H groups in total. The highest BCUT2D eigenvalue weighted by Crippen LogP contribution is 2.43. The average Bonchev–Trinajstić information content (AvgIpc) is 2.45. The minimum Gasteiger partial charge on any atom is -0.496 e. The van der Waals surface area contributed by atoms with Gasteiger partial charge in [-0.3, -0.25) is 10.1 Å². The summed E-state index contributed by atoms with van der Waals surface area (Å²) in [7, 11) is 2.99. The van der Waals surface area contributed by atoms with Gasteiger partial charge in [-0.15, -0.1) is 0 Å². The van der Waals surface area contributed by atoms with E-state index in [1.807, 2.05) is 0 Å². The molecule has 5 nitrogen and oxygen atoms in total. The molecule has 0 spiro atoms. The molecule has 0 aliphatic carbocycles. The van der Waals surface area contributed by atoms with Crippen LogP contribution in [0.5, 0.6) is 11.5 Å². The standard InChI is InChI=1S/C14H12ClNO4/c1-19-12-4-3-5-13(20-2)14(12)10-8-9(15)6-7-11(10)16(17)18/h3-8H,1-2H3. The van der Waals surface area contributed by atoms with Gasteiger partial charge in [0.15, 0.2) is 0 Å². The van der Waals surface area contributed by atoms with E-state index >= 15 is 0 Å². The highest BCUT2D eigenvalue weighted by atomic mass is 35.5. The minimum absolute atomic E-state index is 0.0581. The van der Waals surface area contributed by atoms with Crippen LogP contribution in [-0.2, 0) is 0 Å². The normalized spacial score (nSPS) is 10.2. The third-order valence-corrected chi connectivity index (χ3v) is 3.09. The SMILES string of the molecule is COc1cccc(OC)c1-c1cc(Cl)ccc1[N+](=O)[O-]. The third-order valence-electron chi connectivity index (χ3n) is 2.85. The zero-order valence-corrected chi connectivity index (χ0v) is 11.7. The Morgan fingerprint density at radius 2 is 1.70 bits per heavy atom. The fourth-order valence-electron chi connectivity index (χ4n) is 1.98. The van der Waals surface area contributed by atoms with Crippen LogP contribution in [0.25, 0.3) is 11.1 Å². The number of hydrogen-bond acceptors (Lipinski definition) is 4. The maximum Gasteiger partial charge on any atom is 0.277 e. The lowest BCUT2D eigenvalue weighted by molar-refractivity contribution is -0.384. The molecule has 0 aromatic heterocycles. The zero-order chi connectivity index (χ0) is 14.7. The average molecular weight is 294 g/mol. The number of methoxy groups -OCH3 is 2. The lowest BCUT2D eigenvalue weighted by Gasteiger charge is -2.13. The van der Waals surface area contributed by atoms with Crippen LogP contribution in [0.1, 0.15) is 0 Å². The Morgan fingerprint density at radius 1 is 1.10 bits per heavy atom. The molecule has 0 saturated carbocycles. The molecule has 0 bridgehead atoms. The van der Waals surface area contributed by atoms with E-state index in [-0.39, 0.29) is 5.69 Å². The molecule has 0 radical (unpaired) electrons. The summed E-state index contributed by atoms with van der Waals surface area (Å²) in [5.41, 5.74) is 0.806.